The fourth-order valence-electron chi connectivity index (χ4n) is 3.06. The number of aromatic nitrogens is 4. The minimum Gasteiger partial charge on any atom is -0.462 e. The van der Waals surface area contributed by atoms with E-state index in [4.69, 9.17) is 9.47 Å². The average Bonchev–Trinajstić information content (AvgIpc) is 3.12. The molecular weight excluding hydrogens is 426 g/mol. The number of carbonyl (C=O) groups is 2. The highest BCUT2D eigenvalue weighted by molar-refractivity contribution is 5.93. The van der Waals surface area contributed by atoms with Gasteiger partial charge in [-0.05, 0) is 50.2 Å². The van der Waals surface area contributed by atoms with Crippen molar-refractivity contribution in [1.29, 1.82) is 0 Å². The van der Waals surface area contributed by atoms with Crippen molar-refractivity contribution < 1.29 is 19.1 Å². The number of anilines is 1. The van der Waals surface area contributed by atoms with Crippen molar-refractivity contribution in [2.75, 3.05) is 11.9 Å². The van der Waals surface area contributed by atoms with Gasteiger partial charge in [-0.1, -0.05) is 17.7 Å². The molecule has 0 aliphatic heterocycles. The number of esters is 1. The van der Waals surface area contributed by atoms with Gasteiger partial charge in [0.25, 0.3) is 5.88 Å². The second kappa shape index (κ2) is 9.35. The van der Waals surface area contributed by atoms with Gasteiger partial charge < -0.3 is 14.8 Å². The van der Waals surface area contributed by atoms with Crippen LogP contribution in [-0.2, 0) is 16.1 Å². The molecule has 1 amide bonds. The number of carbonyl (C=O) groups excluding carboxylic acids is 2. The molecule has 0 bridgehead atoms. The molecule has 2 aromatic heterocycles. The van der Waals surface area contributed by atoms with Crippen LogP contribution in [0.3, 0.4) is 0 Å². The largest absolute Gasteiger partial charge is 0.462 e. The Balaban J connectivity index is 1.50. The van der Waals surface area contributed by atoms with Gasteiger partial charge in [0.2, 0.25) is 11.6 Å². The highest BCUT2D eigenvalue weighted by atomic mass is 16.5. The highest BCUT2D eigenvalue weighted by Crippen LogP contribution is 2.22. The molecule has 4 aromatic rings. The van der Waals surface area contributed by atoms with Gasteiger partial charge in [0.15, 0.2) is 0 Å². The number of nitrogens with zero attached hydrogens (tertiary/aromatic N) is 4. The van der Waals surface area contributed by atoms with Crippen molar-refractivity contribution in [2.24, 2.45) is 0 Å². The van der Waals surface area contributed by atoms with Crippen molar-refractivity contribution in [3.63, 3.8) is 0 Å². The van der Waals surface area contributed by atoms with E-state index in [0.29, 0.717) is 17.0 Å². The van der Waals surface area contributed by atoms with Crippen LogP contribution in [0.2, 0.25) is 0 Å². The number of ether oxygens (including phenoxy) is 2. The predicted molar refractivity (Wildman–Crippen MR) is 120 cm³/mol. The Labute approximate surface area is 188 Å². The lowest BCUT2D eigenvalue weighted by Gasteiger charge is -2.06. The molecule has 2 heterocycles. The standard InChI is InChI=1S/C23H21N5O5/c1-3-32-22(30)16-6-8-17(9-7-16)25-19(29)14-28-23(31)27-13-12-24-21(20(27)26-28)33-18-10-4-15(2)5-11-18/h4-13H,3,14H2,1-2H3,(H,25,29). The molecule has 168 valence electrons. The SMILES string of the molecule is CCOC(=O)c1ccc(NC(=O)Cn2nc3c(Oc4ccc(C)cc4)nccn3c2=O)cc1. The van der Waals surface area contributed by atoms with E-state index in [1.807, 2.05) is 19.1 Å². The number of fused-ring (bicyclic) bond motifs is 1. The highest BCUT2D eigenvalue weighted by Gasteiger charge is 2.16. The van der Waals surface area contributed by atoms with Gasteiger partial charge in [0, 0.05) is 18.1 Å². The van der Waals surface area contributed by atoms with Gasteiger partial charge in [0.1, 0.15) is 12.3 Å². The monoisotopic (exact) mass is 447 g/mol. The van der Waals surface area contributed by atoms with E-state index >= 15 is 0 Å². The van der Waals surface area contributed by atoms with E-state index in [1.165, 1.54) is 16.8 Å². The Hall–Kier alpha value is -4.47. The smallest absolute Gasteiger partial charge is 0.351 e. The Bertz CT molecular complexity index is 1360. The number of benzene rings is 2. The third kappa shape index (κ3) is 4.90. The summed E-state index contributed by atoms with van der Waals surface area (Å²) in [6.07, 6.45) is 2.88. The van der Waals surface area contributed by atoms with E-state index in [9.17, 15) is 14.4 Å². The van der Waals surface area contributed by atoms with Gasteiger partial charge in [0.05, 0.1) is 12.2 Å². The summed E-state index contributed by atoms with van der Waals surface area (Å²) >= 11 is 0. The Morgan fingerprint density at radius 3 is 2.48 bits per heavy atom. The van der Waals surface area contributed by atoms with E-state index < -0.39 is 17.6 Å². The van der Waals surface area contributed by atoms with E-state index in [2.05, 4.69) is 15.4 Å². The molecule has 10 nitrogen and oxygen atoms in total. The van der Waals surface area contributed by atoms with Gasteiger partial charge in [-0.15, -0.1) is 5.10 Å². The van der Waals surface area contributed by atoms with Crippen molar-refractivity contribution in [3.05, 3.63) is 82.5 Å². The normalized spacial score (nSPS) is 10.7. The van der Waals surface area contributed by atoms with Crippen LogP contribution in [0.4, 0.5) is 5.69 Å². The second-order valence-electron chi connectivity index (χ2n) is 7.13. The first-order valence-electron chi connectivity index (χ1n) is 10.2. The first-order valence-corrected chi connectivity index (χ1v) is 10.2. The number of hydrogen-bond donors (Lipinski definition) is 1. The lowest BCUT2D eigenvalue weighted by Crippen LogP contribution is -2.28. The molecule has 0 radical (unpaired) electrons. The zero-order valence-electron chi connectivity index (χ0n) is 18.0. The minimum absolute atomic E-state index is 0.146. The van der Waals surface area contributed by atoms with E-state index in [-0.39, 0.29) is 24.7 Å². The van der Waals surface area contributed by atoms with Crippen LogP contribution in [0.25, 0.3) is 5.65 Å². The lowest BCUT2D eigenvalue weighted by molar-refractivity contribution is -0.117. The third-order valence-electron chi connectivity index (χ3n) is 4.68. The van der Waals surface area contributed by atoms with Gasteiger partial charge >= 0.3 is 11.7 Å². The zero-order chi connectivity index (χ0) is 23.4. The first kappa shape index (κ1) is 21.8. The van der Waals surface area contributed by atoms with Crippen LogP contribution in [0, 0.1) is 6.92 Å². The summed E-state index contributed by atoms with van der Waals surface area (Å²) in [7, 11) is 0. The van der Waals surface area contributed by atoms with Crippen molar-refractivity contribution in [1.82, 2.24) is 19.2 Å². The number of amides is 1. The molecule has 2 aromatic carbocycles. The number of rotatable bonds is 7. The minimum atomic E-state index is -0.506. The van der Waals surface area contributed by atoms with Gasteiger partial charge in [-0.25, -0.2) is 23.7 Å². The van der Waals surface area contributed by atoms with Crippen LogP contribution in [0.1, 0.15) is 22.8 Å². The van der Waals surface area contributed by atoms with Crippen molar-refractivity contribution in [3.8, 4) is 11.6 Å². The van der Waals surface area contributed by atoms with Crippen LogP contribution in [-0.4, -0.2) is 37.6 Å². The molecule has 0 spiro atoms. The Morgan fingerprint density at radius 1 is 1.06 bits per heavy atom. The number of hydrogen-bond acceptors (Lipinski definition) is 7. The summed E-state index contributed by atoms with van der Waals surface area (Å²) in [6.45, 7) is 3.65. The van der Waals surface area contributed by atoms with Crippen LogP contribution in [0.5, 0.6) is 11.6 Å². The number of aryl methyl sites for hydroxylation is 1. The van der Waals surface area contributed by atoms with E-state index in [0.717, 1.165) is 10.2 Å². The van der Waals surface area contributed by atoms with Gasteiger partial charge in [-0.2, -0.15) is 0 Å². The molecule has 0 fully saturated rings. The summed E-state index contributed by atoms with van der Waals surface area (Å²) in [5.41, 5.74) is 1.61. The summed E-state index contributed by atoms with van der Waals surface area (Å²) in [4.78, 5) is 41.1. The maximum absolute atomic E-state index is 12.7. The quantitative estimate of drug-likeness (QED) is 0.433. The summed E-state index contributed by atoms with van der Waals surface area (Å²) < 4.78 is 13.0. The molecule has 0 aliphatic rings. The fraction of sp³-hybridized carbons (Fsp3) is 0.174. The van der Waals surface area contributed by atoms with Crippen molar-refractivity contribution in [2.45, 2.75) is 20.4 Å². The molecule has 10 heteroatoms. The molecule has 0 atom stereocenters. The second-order valence-corrected chi connectivity index (χ2v) is 7.13. The lowest BCUT2D eigenvalue weighted by atomic mass is 10.2. The molecule has 0 unspecified atom stereocenters. The van der Waals surface area contributed by atoms with Crippen LogP contribution >= 0.6 is 0 Å². The summed E-state index contributed by atoms with van der Waals surface area (Å²) in [5.74, 6) is -0.207. The Morgan fingerprint density at radius 2 is 1.79 bits per heavy atom. The topological polar surface area (TPSA) is 117 Å². The number of nitrogens with one attached hydrogen (secondary N) is 1. The van der Waals surface area contributed by atoms with Crippen molar-refractivity contribution >= 4 is 23.2 Å². The molecule has 1 N–H and O–H groups in total. The Kier molecular flexibility index (Phi) is 6.16. The van der Waals surface area contributed by atoms with Gasteiger partial charge in [-0.3, -0.25) is 4.79 Å². The zero-order valence-corrected chi connectivity index (χ0v) is 18.0. The molecular formula is C23H21N5O5. The maximum Gasteiger partial charge on any atom is 0.351 e. The average molecular weight is 447 g/mol. The molecule has 0 saturated heterocycles. The molecule has 33 heavy (non-hydrogen) atoms. The first-order chi connectivity index (χ1) is 15.9. The summed E-state index contributed by atoms with van der Waals surface area (Å²) in [5, 5.41) is 6.90. The summed E-state index contributed by atoms with van der Waals surface area (Å²) in [6, 6.07) is 13.6. The van der Waals surface area contributed by atoms with E-state index in [1.54, 1.807) is 43.3 Å². The maximum atomic E-state index is 12.7. The predicted octanol–water partition coefficient (Wildman–Crippen LogP) is 2.81. The fourth-order valence-corrected chi connectivity index (χ4v) is 3.06. The third-order valence-corrected chi connectivity index (χ3v) is 4.68. The van der Waals surface area contributed by atoms with Crippen LogP contribution < -0.4 is 15.7 Å². The molecule has 0 saturated carbocycles. The molecule has 4 rings (SSSR count). The molecule has 0 aliphatic carbocycles. The van der Waals surface area contributed by atoms with Crippen LogP contribution in [0.15, 0.2) is 65.7 Å².